The van der Waals surface area contributed by atoms with E-state index < -0.39 is 18.2 Å². The molecule has 1 aliphatic heterocycles. The summed E-state index contributed by atoms with van der Waals surface area (Å²) in [6.07, 6.45) is 2.18. The molecule has 122 valence electrons. The lowest BCUT2D eigenvalue weighted by atomic mass is 9.98. The number of hydrogen-bond donors (Lipinski definition) is 3. The molecule has 0 radical (unpaired) electrons. The third kappa shape index (κ3) is 3.35. The monoisotopic (exact) mass is 310 g/mol. The number of anilines is 2. The van der Waals surface area contributed by atoms with Gasteiger partial charge in [0.25, 0.3) is 5.92 Å². The molecule has 1 heterocycles. The molecule has 1 aromatic rings. The Morgan fingerprint density at radius 2 is 1.82 bits per heavy atom. The number of nitrogens with one attached hydrogen (secondary N) is 2. The Morgan fingerprint density at radius 1 is 1.18 bits per heavy atom. The summed E-state index contributed by atoms with van der Waals surface area (Å²) in [5.74, 6) is -1.40. The maximum Gasteiger partial charge on any atom is 0.272 e. The molecule has 0 saturated heterocycles. The van der Waals surface area contributed by atoms with Gasteiger partial charge in [-0.2, -0.15) is 0 Å². The van der Waals surface area contributed by atoms with Crippen LogP contribution in [0.4, 0.5) is 20.2 Å². The van der Waals surface area contributed by atoms with Crippen molar-refractivity contribution in [2.75, 3.05) is 10.6 Å². The highest BCUT2D eigenvalue weighted by atomic mass is 19.3. The van der Waals surface area contributed by atoms with Gasteiger partial charge in [-0.05, 0) is 36.8 Å². The van der Waals surface area contributed by atoms with Gasteiger partial charge in [0, 0.05) is 6.42 Å². The Hall–Kier alpha value is -1.36. The quantitative estimate of drug-likeness (QED) is 0.694. The topological polar surface area (TPSA) is 44.3 Å². The van der Waals surface area contributed by atoms with Gasteiger partial charge >= 0.3 is 0 Å². The van der Waals surface area contributed by atoms with Crippen molar-refractivity contribution in [1.29, 1.82) is 0 Å². The first-order chi connectivity index (χ1) is 10.5. The zero-order valence-electron chi connectivity index (χ0n) is 12.9. The molecule has 2 aliphatic rings. The number of aliphatic hydroxyl groups excluding tert-OH is 1. The molecule has 5 heteroatoms. The van der Waals surface area contributed by atoms with Crippen LogP contribution < -0.4 is 10.6 Å². The molecule has 1 fully saturated rings. The smallest absolute Gasteiger partial charge is 0.272 e. The standard InChI is InChI=1S/C17H24F2N2O/c1-11-10-12(11)6-4-5-9-17(18,19)15-16(22)21-14-8-3-2-7-13(14)20-15/h2-3,7-8,11-12,15-16,20-22H,4-6,9-10H2,1H3/t11?,12-,15?,16?/m1/s1. The second kappa shape index (κ2) is 6.03. The van der Waals surface area contributed by atoms with Crippen molar-refractivity contribution in [1.82, 2.24) is 0 Å². The van der Waals surface area contributed by atoms with E-state index in [1.54, 1.807) is 24.3 Å². The van der Waals surface area contributed by atoms with Gasteiger partial charge in [0.2, 0.25) is 0 Å². The minimum Gasteiger partial charge on any atom is -0.371 e. The molecule has 3 unspecified atom stereocenters. The highest BCUT2D eigenvalue weighted by Crippen LogP contribution is 2.42. The first-order valence-corrected chi connectivity index (χ1v) is 8.15. The zero-order valence-corrected chi connectivity index (χ0v) is 12.9. The van der Waals surface area contributed by atoms with Crippen LogP contribution in [0, 0.1) is 11.8 Å². The van der Waals surface area contributed by atoms with Crippen molar-refractivity contribution in [2.24, 2.45) is 11.8 Å². The fourth-order valence-electron chi connectivity index (χ4n) is 3.28. The Labute approximate surface area is 130 Å². The van der Waals surface area contributed by atoms with Gasteiger partial charge in [0.1, 0.15) is 6.04 Å². The summed E-state index contributed by atoms with van der Waals surface area (Å²) in [5, 5.41) is 15.5. The van der Waals surface area contributed by atoms with Gasteiger partial charge in [0.05, 0.1) is 11.4 Å². The maximum atomic E-state index is 14.4. The highest BCUT2D eigenvalue weighted by Gasteiger charge is 2.45. The first-order valence-electron chi connectivity index (χ1n) is 8.15. The number of alkyl halides is 2. The third-order valence-corrected chi connectivity index (χ3v) is 4.92. The minimum atomic E-state index is -2.94. The maximum absolute atomic E-state index is 14.4. The van der Waals surface area contributed by atoms with Gasteiger partial charge < -0.3 is 15.7 Å². The largest absolute Gasteiger partial charge is 0.371 e. The Balaban J connectivity index is 1.54. The van der Waals surface area contributed by atoms with E-state index in [0.717, 1.165) is 24.7 Å². The van der Waals surface area contributed by atoms with Crippen LogP contribution >= 0.6 is 0 Å². The fourth-order valence-corrected chi connectivity index (χ4v) is 3.28. The second-order valence-corrected chi connectivity index (χ2v) is 6.74. The highest BCUT2D eigenvalue weighted by molar-refractivity contribution is 5.71. The van der Waals surface area contributed by atoms with Crippen molar-refractivity contribution in [3.8, 4) is 0 Å². The molecule has 3 N–H and O–H groups in total. The molecule has 22 heavy (non-hydrogen) atoms. The van der Waals surface area contributed by atoms with Crippen LogP contribution in [0.3, 0.4) is 0 Å². The van der Waals surface area contributed by atoms with E-state index >= 15 is 0 Å². The summed E-state index contributed by atoms with van der Waals surface area (Å²) >= 11 is 0. The molecule has 0 bridgehead atoms. The van der Waals surface area contributed by atoms with E-state index in [1.807, 2.05) is 0 Å². The van der Waals surface area contributed by atoms with Crippen LogP contribution in [-0.4, -0.2) is 23.3 Å². The van der Waals surface area contributed by atoms with E-state index in [9.17, 15) is 13.9 Å². The number of benzene rings is 1. The van der Waals surface area contributed by atoms with Crippen LogP contribution in [0.25, 0.3) is 0 Å². The lowest BCUT2D eigenvalue weighted by Gasteiger charge is -2.37. The lowest BCUT2D eigenvalue weighted by Crippen LogP contribution is -2.53. The Kier molecular flexibility index (Phi) is 4.26. The molecule has 1 aliphatic carbocycles. The Morgan fingerprint density at radius 3 is 2.45 bits per heavy atom. The average molecular weight is 310 g/mol. The van der Waals surface area contributed by atoms with Crippen molar-refractivity contribution in [3.63, 3.8) is 0 Å². The molecule has 0 aromatic heterocycles. The molecule has 3 rings (SSSR count). The van der Waals surface area contributed by atoms with Crippen molar-refractivity contribution in [3.05, 3.63) is 24.3 Å². The van der Waals surface area contributed by atoms with E-state index in [1.165, 1.54) is 6.42 Å². The van der Waals surface area contributed by atoms with E-state index in [2.05, 4.69) is 17.6 Å². The van der Waals surface area contributed by atoms with Crippen LogP contribution in [-0.2, 0) is 0 Å². The molecule has 1 aromatic carbocycles. The molecule has 1 saturated carbocycles. The molecule has 0 spiro atoms. The summed E-state index contributed by atoms with van der Waals surface area (Å²) in [7, 11) is 0. The van der Waals surface area contributed by atoms with Gasteiger partial charge in [0.15, 0.2) is 6.23 Å². The van der Waals surface area contributed by atoms with E-state index in [0.29, 0.717) is 17.8 Å². The summed E-state index contributed by atoms with van der Waals surface area (Å²) in [4.78, 5) is 0. The third-order valence-electron chi connectivity index (χ3n) is 4.92. The molecule has 0 amide bonds. The second-order valence-electron chi connectivity index (χ2n) is 6.74. The molecular formula is C17H24F2N2O. The van der Waals surface area contributed by atoms with Crippen LogP contribution in [0.1, 0.15) is 39.0 Å². The van der Waals surface area contributed by atoms with Crippen LogP contribution in [0.2, 0.25) is 0 Å². The predicted octanol–water partition coefficient (Wildman–Crippen LogP) is 4.06. The van der Waals surface area contributed by atoms with E-state index in [4.69, 9.17) is 0 Å². The first kappa shape index (κ1) is 15.5. The minimum absolute atomic E-state index is 0.188. The summed E-state index contributed by atoms with van der Waals surface area (Å²) in [6, 6.07) is 5.80. The van der Waals surface area contributed by atoms with Crippen molar-refractivity contribution >= 4 is 11.4 Å². The average Bonchev–Trinajstić information content (AvgIpc) is 3.18. The van der Waals surface area contributed by atoms with Gasteiger partial charge in [-0.15, -0.1) is 0 Å². The van der Waals surface area contributed by atoms with Gasteiger partial charge in [-0.3, -0.25) is 0 Å². The molecular weight excluding hydrogens is 286 g/mol. The number of hydrogen-bond acceptors (Lipinski definition) is 3. The molecule has 3 nitrogen and oxygen atoms in total. The normalized spacial score (nSPS) is 30.2. The van der Waals surface area contributed by atoms with Crippen molar-refractivity contribution < 1.29 is 13.9 Å². The summed E-state index contributed by atoms with van der Waals surface area (Å²) in [6.45, 7) is 2.21. The number of fused-ring (bicyclic) bond motifs is 1. The number of unbranched alkanes of at least 4 members (excludes halogenated alkanes) is 1. The van der Waals surface area contributed by atoms with Gasteiger partial charge in [-0.1, -0.05) is 31.9 Å². The number of rotatable bonds is 6. The van der Waals surface area contributed by atoms with Crippen LogP contribution in [0.5, 0.6) is 0 Å². The number of para-hydroxylation sites is 2. The zero-order chi connectivity index (χ0) is 15.7. The number of halogens is 2. The van der Waals surface area contributed by atoms with Crippen molar-refractivity contribution in [2.45, 2.75) is 57.2 Å². The lowest BCUT2D eigenvalue weighted by molar-refractivity contribution is -0.0600. The fraction of sp³-hybridized carbons (Fsp3) is 0.647. The SMILES string of the molecule is CC1C[C@H]1CCCCC(F)(F)C1Nc2ccccc2NC1O. The number of aliphatic hydroxyl groups is 1. The summed E-state index contributed by atoms with van der Waals surface area (Å²) < 4.78 is 28.8. The van der Waals surface area contributed by atoms with E-state index in [-0.39, 0.29) is 6.42 Å². The predicted molar refractivity (Wildman–Crippen MR) is 84.2 cm³/mol. The van der Waals surface area contributed by atoms with Crippen LogP contribution in [0.15, 0.2) is 24.3 Å². The molecule has 4 atom stereocenters. The van der Waals surface area contributed by atoms with Gasteiger partial charge in [-0.25, -0.2) is 8.78 Å². The summed E-state index contributed by atoms with van der Waals surface area (Å²) in [5.41, 5.74) is 1.27. The Bertz CT molecular complexity index is 523.